The standard InChI is InChI=1S/C8H6F2N4/c9-5-3-6(8(10)12-4-5)14-2-1-7(11)13-14/h1-4H,(H2,11,13). The van der Waals surface area contributed by atoms with Crippen LogP contribution in [0.25, 0.3) is 5.69 Å². The highest BCUT2D eigenvalue weighted by molar-refractivity contribution is 5.33. The molecule has 0 saturated heterocycles. The van der Waals surface area contributed by atoms with Gasteiger partial charge in [0.2, 0.25) is 5.95 Å². The Kier molecular flexibility index (Phi) is 1.88. The lowest BCUT2D eigenvalue weighted by Gasteiger charge is -2.01. The van der Waals surface area contributed by atoms with E-state index in [4.69, 9.17) is 5.73 Å². The third-order valence-corrected chi connectivity index (χ3v) is 1.64. The Bertz CT molecular complexity index is 466. The summed E-state index contributed by atoms with van der Waals surface area (Å²) in [6.45, 7) is 0. The molecule has 0 aliphatic rings. The van der Waals surface area contributed by atoms with E-state index in [1.54, 1.807) is 0 Å². The van der Waals surface area contributed by atoms with Crippen LogP contribution in [0.2, 0.25) is 0 Å². The van der Waals surface area contributed by atoms with Crippen LogP contribution >= 0.6 is 0 Å². The molecule has 0 amide bonds. The Labute approximate surface area is 78.0 Å². The van der Waals surface area contributed by atoms with E-state index in [-0.39, 0.29) is 11.5 Å². The van der Waals surface area contributed by atoms with Crippen LogP contribution in [0.4, 0.5) is 14.6 Å². The summed E-state index contributed by atoms with van der Waals surface area (Å²) in [5.41, 5.74) is 5.27. The molecule has 0 aliphatic carbocycles. The van der Waals surface area contributed by atoms with E-state index in [0.717, 1.165) is 16.9 Å². The molecule has 2 rings (SSSR count). The van der Waals surface area contributed by atoms with Crippen molar-refractivity contribution in [3.63, 3.8) is 0 Å². The second-order valence-electron chi connectivity index (χ2n) is 2.65. The van der Waals surface area contributed by atoms with E-state index in [1.165, 1.54) is 12.3 Å². The van der Waals surface area contributed by atoms with Crippen molar-refractivity contribution in [3.8, 4) is 5.69 Å². The summed E-state index contributed by atoms with van der Waals surface area (Å²) in [6, 6.07) is 2.47. The SMILES string of the molecule is Nc1ccn(-c2cc(F)cnc2F)n1. The summed E-state index contributed by atoms with van der Waals surface area (Å²) in [4.78, 5) is 3.22. The van der Waals surface area contributed by atoms with E-state index in [1.807, 2.05) is 0 Å². The summed E-state index contributed by atoms with van der Waals surface area (Å²) >= 11 is 0. The van der Waals surface area contributed by atoms with Gasteiger partial charge in [0.15, 0.2) is 0 Å². The molecule has 72 valence electrons. The molecular formula is C8H6F2N4. The van der Waals surface area contributed by atoms with Crippen molar-refractivity contribution in [2.75, 3.05) is 5.73 Å². The molecule has 2 heterocycles. The molecule has 0 aromatic carbocycles. The summed E-state index contributed by atoms with van der Waals surface area (Å²) in [7, 11) is 0. The molecule has 0 aliphatic heterocycles. The molecule has 0 atom stereocenters. The first-order chi connectivity index (χ1) is 6.66. The monoisotopic (exact) mass is 196 g/mol. The number of halogens is 2. The van der Waals surface area contributed by atoms with Gasteiger partial charge in [0.05, 0.1) is 6.20 Å². The van der Waals surface area contributed by atoms with E-state index in [9.17, 15) is 8.78 Å². The average Bonchev–Trinajstić information content (AvgIpc) is 2.56. The Morgan fingerprint density at radius 3 is 2.79 bits per heavy atom. The van der Waals surface area contributed by atoms with Crippen molar-refractivity contribution in [2.24, 2.45) is 0 Å². The number of aromatic nitrogens is 3. The lowest BCUT2D eigenvalue weighted by Crippen LogP contribution is -2.02. The second kappa shape index (κ2) is 3.06. The average molecular weight is 196 g/mol. The number of nitrogen functional groups attached to an aromatic ring is 1. The number of nitrogens with two attached hydrogens (primary N) is 1. The first kappa shape index (κ1) is 8.61. The largest absolute Gasteiger partial charge is 0.382 e. The number of rotatable bonds is 1. The molecule has 6 heteroatoms. The fourth-order valence-corrected chi connectivity index (χ4v) is 1.04. The zero-order chi connectivity index (χ0) is 10.1. The first-order valence-electron chi connectivity index (χ1n) is 3.79. The molecule has 0 spiro atoms. The molecule has 0 fully saturated rings. The molecule has 14 heavy (non-hydrogen) atoms. The number of pyridine rings is 1. The fourth-order valence-electron chi connectivity index (χ4n) is 1.04. The van der Waals surface area contributed by atoms with Gasteiger partial charge in [-0.2, -0.15) is 9.49 Å². The molecule has 2 aromatic rings. The van der Waals surface area contributed by atoms with Crippen LogP contribution in [0, 0.1) is 11.8 Å². The Morgan fingerprint density at radius 1 is 1.36 bits per heavy atom. The Hall–Kier alpha value is -1.98. The van der Waals surface area contributed by atoms with Gasteiger partial charge < -0.3 is 5.73 Å². The number of hydrogen-bond acceptors (Lipinski definition) is 3. The minimum Gasteiger partial charge on any atom is -0.382 e. The highest BCUT2D eigenvalue weighted by atomic mass is 19.1. The molecule has 4 nitrogen and oxygen atoms in total. The van der Waals surface area contributed by atoms with Crippen LogP contribution in [0.1, 0.15) is 0 Å². The minimum atomic E-state index is -0.797. The summed E-state index contributed by atoms with van der Waals surface area (Å²) in [6.07, 6.45) is 2.22. The Morgan fingerprint density at radius 2 is 2.14 bits per heavy atom. The maximum absolute atomic E-state index is 13.1. The Balaban J connectivity index is 2.55. The molecule has 0 bridgehead atoms. The maximum atomic E-state index is 13.1. The van der Waals surface area contributed by atoms with Crippen molar-refractivity contribution in [1.29, 1.82) is 0 Å². The fraction of sp³-hybridized carbons (Fsp3) is 0. The summed E-state index contributed by atoms with van der Waals surface area (Å²) < 4.78 is 26.9. The molecule has 0 unspecified atom stereocenters. The van der Waals surface area contributed by atoms with Crippen molar-refractivity contribution >= 4 is 5.82 Å². The van der Waals surface area contributed by atoms with Crippen LogP contribution in [0.5, 0.6) is 0 Å². The quantitative estimate of drug-likeness (QED) is 0.695. The van der Waals surface area contributed by atoms with Gasteiger partial charge in [0, 0.05) is 18.3 Å². The predicted molar refractivity (Wildman–Crippen MR) is 45.7 cm³/mol. The van der Waals surface area contributed by atoms with Gasteiger partial charge in [-0.1, -0.05) is 0 Å². The van der Waals surface area contributed by atoms with Crippen LogP contribution in [0.3, 0.4) is 0 Å². The number of nitrogens with zero attached hydrogens (tertiary/aromatic N) is 3. The van der Waals surface area contributed by atoms with Crippen molar-refractivity contribution < 1.29 is 8.78 Å². The zero-order valence-corrected chi connectivity index (χ0v) is 6.98. The molecule has 2 aromatic heterocycles. The van der Waals surface area contributed by atoms with Crippen LogP contribution in [-0.2, 0) is 0 Å². The van der Waals surface area contributed by atoms with Crippen LogP contribution < -0.4 is 5.73 Å². The number of anilines is 1. The van der Waals surface area contributed by atoms with Gasteiger partial charge in [0.1, 0.15) is 17.3 Å². The zero-order valence-electron chi connectivity index (χ0n) is 6.98. The highest BCUT2D eigenvalue weighted by Crippen LogP contribution is 2.12. The third-order valence-electron chi connectivity index (χ3n) is 1.64. The van der Waals surface area contributed by atoms with Gasteiger partial charge in [0.25, 0.3) is 0 Å². The van der Waals surface area contributed by atoms with Crippen molar-refractivity contribution in [3.05, 3.63) is 36.3 Å². The smallest absolute Gasteiger partial charge is 0.238 e. The highest BCUT2D eigenvalue weighted by Gasteiger charge is 2.08. The molecule has 0 saturated carbocycles. The normalized spacial score (nSPS) is 10.4. The lowest BCUT2D eigenvalue weighted by atomic mass is 10.4. The predicted octanol–water partition coefficient (Wildman–Crippen LogP) is 1.13. The molecule has 0 radical (unpaired) electrons. The van der Waals surface area contributed by atoms with Crippen molar-refractivity contribution in [1.82, 2.24) is 14.8 Å². The second-order valence-corrected chi connectivity index (χ2v) is 2.65. The molecular weight excluding hydrogens is 190 g/mol. The summed E-state index contributed by atoms with van der Waals surface area (Å²) in [5, 5.41) is 3.73. The van der Waals surface area contributed by atoms with Crippen LogP contribution in [-0.4, -0.2) is 14.8 Å². The van der Waals surface area contributed by atoms with Gasteiger partial charge in [-0.25, -0.2) is 14.1 Å². The van der Waals surface area contributed by atoms with E-state index >= 15 is 0 Å². The van der Waals surface area contributed by atoms with Crippen LogP contribution in [0.15, 0.2) is 24.5 Å². The molecule has 2 N–H and O–H groups in total. The van der Waals surface area contributed by atoms with Gasteiger partial charge in [-0.05, 0) is 0 Å². The van der Waals surface area contributed by atoms with E-state index in [2.05, 4.69) is 10.1 Å². The third kappa shape index (κ3) is 1.41. The van der Waals surface area contributed by atoms with E-state index in [0.29, 0.717) is 0 Å². The maximum Gasteiger partial charge on any atom is 0.238 e. The topological polar surface area (TPSA) is 56.7 Å². The van der Waals surface area contributed by atoms with Gasteiger partial charge >= 0.3 is 0 Å². The van der Waals surface area contributed by atoms with Gasteiger partial charge in [-0.15, -0.1) is 0 Å². The van der Waals surface area contributed by atoms with Crippen molar-refractivity contribution in [2.45, 2.75) is 0 Å². The van der Waals surface area contributed by atoms with E-state index < -0.39 is 11.8 Å². The minimum absolute atomic E-state index is 0.0679. The number of hydrogen-bond donors (Lipinski definition) is 1. The van der Waals surface area contributed by atoms with Gasteiger partial charge in [-0.3, -0.25) is 0 Å². The summed E-state index contributed by atoms with van der Waals surface area (Å²) in [5.74, 6) is -1.20. The first-order valence-corrected chi connectivity index (χ1v) is 3.79. The lowest BCUT2D eigenvalue weighted by molar-refractivity contribution is 0.547.